The third-order valence-corrected chi connectivity index (χ3v) is 5.66. The van der Waals surface area contributed by atoms with Gasteiger partial charge < -0.3 is 15.2 Å². The van der Waals surface area contributed by atoms with Crippen LogP contribution in [0.2, 0.25) is 0 Å². The normalized spacial score (nSPS) is 16.1. The van der Waals surface area contributed by atoms with Crippen molar-refractivity contribution in [3.05, 3.63) is 18.0 Å². The standard InChI is InChI=1S/C14H26N4O2S/c1-16(2)7-4-8-17(3)21(19,20)14-9-13(10-15)18(11-14)12-5-6-12/h9,11-12H,4-8,10,15H2,1-3H3. The largest absolute Gasteiger partial charge is 0.346 e. The predicted octanol–water partition coefficient (Wildman–Crippen LogP) is 0.854. The average molecular weight is 314 g/mol. The molecule has 0 radical (unpaired) electrons. The summed E-state index contributed by atoms with van der Waals surface area (Å²) < 4.78 is 28.6. The summed E-state index contributed by atoms with van der Waals surface area (Å²) in [6.07, 6.45) is 4.78. The summed E-state index contributed by atoms with van der Waals surface area (Å²) in [5, 5.41) is 0. The summed E-state index contributed by atoms with van der Waals surface area (Å²) in [6.45, 7) is 1.76. The molecule has 1 aromatic heterocycles. The first-order chi connectivity index (χ1) is 9.86. The highest BCUT2D eigenvalue weighted by atomic mass is 32.2. The van der Waals surface area contributed by atoms with Gasteiger partial charge in [0.15, 0.2) is 0 Å². The summed E-state index contributed by atoms with van der Waals surface area (Å²) in [5.74, 6) is 0. The SMILES string of the molecule is CN(C)CCCN(C)S(=O)(=O)c1cc(CN)n(C2CC2)c1. The van der Waals surface area contributed by atoms with E-state index in [0.717, 1.165) is 31.5 Å². The highest BCUT2D eigenvalue weighted by Crippen LogP contribution is 2.37. The fourth-order valence-corrected chi connectivity index (χ4v) is 3.66. The lowest BCUT2D eigenvalue weighted by atomic mass is 10.4. The molecular formula is C14H26N4O2S. The second-order valence-corrected chi connectivity index (χ2v) is 8.04. The van der Waals surface area contributed by atoms with Crippen molar-refractivity contribution < 1.29 is 8.42 Å². The lowest BCUT2D eigenvalue weighted by Crippen LogP contribution is -2.29. The molecule has 0 amide bonds. The van der Waals surface area contributed by atoms with Gasteiger partial charge in [-0.15, -0.1) is 0 Å². The minimum atomic E-state index is -3.42. The molecule has 2 rings (SSSR count). The van der Waals surface area contributed by atoms with E-state index in [0.29, 0.717) is 24.0 Å². The van der Waals surface area contributed by atoms with E-state index in [-0.39, 0.29) is 0 Å². The molecule has 21 heavy (non-hydrogen) atoms. The Labute approximate surface area is 127 Å². The zero-order valence-corrected chi connectivity index (χ0v) is 13.9. The van der Waals surface area contributed by atoms with Gasteiger partial charge in [0.25, 0.3) is 0 Å². The molecule has 1 aromatic rings. The van der Waals surface area contributed by atoms with E-state index in [1.54, 1.807) is 19.3 Å². The maximum Gasteiger partial charge on any atom is 0.244 e. The van der Waals surface area contributed by atoms with Crippen LogP contribution < -0.4 is 5.73 Å². The molecule has 1 saturated carbocycles. The van der Waals surface area contributed by atoms with Crippen LogP contribution in [-0.2, 0) is 16.6 Å². The van der Waals surface area contributed by atoms with Crippen molar-refractivity contribution in [2.75, 3.05) is 34.2 Å². The minimum absolute atomic E-state index is 0.363. The molecule has 7 heteroatoms. The molecule has 1 aliphatic rings. The molecule has 1 fully saturated rings. The van der Waals surface area contributed by atoms with E-state index in [9.17, 15) is 8.42 Å². The van der Waals surface area contributed by atoms with Crippen molar-refractivity contribution in [2.24, 2.45) is 5.73 Å². The molecule has 0 saturated heterocycles. The molecule has 0 aromatic carbocycles. The van der Waals surface area contributed by atoms with Gasteiger partial charge in [-0.2, -0.15) is 0 Å². The first-order valence-corrected chi connectivity index (χ1v) is 8.82. The maximum absolute atomic E-state index is 12.6. The van der Waals surface area contributed by atoms with E-state index in [2.05, 4.69) is 4.90 Å². The second kappa shape index (κ2) is 6.48. The van der Waals surface area contributed by atoms with Crippen LogP contribution in [0.15, 0.2) is 17.2 Å². The van der Waals surface area contributed by atoms with Crippen molar-refractivity contribution >= 4 is 10.0 Å². The summed E-state index contributed by atoms with van der Waals surface area (Å²) in [5.41, 5.74) is 6.63. The predicted molar refractivity (Wildman–Crippen MR) is 83.6 cm³/mol. The van der Waals surface area contributed by atoms with Crippen molar-refractivity contribution in [3.8, 4) is 0 Å². The maximum atomic E-state index is 12.6. The molecule has 1 aliphatic carbocycles. The lowest BCUT2D eigenvalue weighted by Gasteiger charge is -2.17. The molecular weight excluding hydrogens is 288 g/mol. The Bertz CT molecular complexity index is 576. The smallest absolute Gasteiger partial charge is 0.244 e. The summed E-state index contributed by atoms with van der Waals surface area (Å²) in [4.78, 5) is 2.42. The summed E-state index contributed by atoms with van der Waals surface area (Å²) >= 11 is 0. The van der Waals surface area contributed by atoms with Crippen LogP contribution in [0, 0.1) is 0 Å². The fourth-order valence-electron chi connectivity index (χ4n) is 2.40. The Morgan fingerprint density at radius 1 is 1.29 bits per heavy atom. The molecule has 120 valence electrons. The van der Waals surface area contributed by atoms with E-state index in [1.165, 1.54) is 4.31 Å². The van der Waals surface area contributed by atoms with Gasteiger partial charge in [0.05, 0.1) is 0 Å². The van der Waals surface area contributed by atoms with Gasteiger partial charge in [0.2, 0.25) is 10.0 Å². The highest BCUT2D eigenvalue weighted by molar-refractivity contribution is 7.89. The monoisotopic (exact) mass is 314 g/mol. The van der Waals surface area contributed by atoms with E-state index in [4.69, 9.17) is 5.73 Å². The van der Waals surface area contributed by atoms with Crippen LogP contribution in [0.5, 0.6) is 0 Å². The number of aromatic nitrogens is 1. The van der Waals surface area contributed by atoms with Gasteiger partial charge in [0, 0.05) is 38.1 Å². The number of hydrogen-bond donors (Lipinski definition) is 1. The molecule has 1 heterocycles. The van der Waals surface area contributed by atoms with E-state index < -0.39 is 10.0 Å². The number of hydrogen-bond acceptors (Lipinski definition) is 4. The first-order valence-electron chi connectivity index (χ1n) is 7.38. The van der Waals surface area contributed by atoms with Crippen LogP contribution >= 0.6 is 0 Å². The Kier molecular flexibility index (Phi) is 5.08. The van der Waals surface area contributed by atoms with Gasteiger partial charge in [-0.3, -0.25) is 0 Å². The van der Waals surface area contributed by atoms with Crippen molar-refractivity contribution in [3.63, 3.8) is 0 Å². The van der Waals surface area contributed by atoms with Crippen LogP contribution in [0.1, 0.15) is 31.0 Å². The summed E-state index contributed by atoms with van der Waals surface area (Å²) in [7, 11) is 2.19. The molecule has 0 aliphatic heterocycles. The zero-order valence-electron chi connectivity index (χ0n) is 13.1. The van der Waals surface area contributed by atoms with Crippen LogP contribution in [0.25, 0.3) is 0 Å². The molecule has 6 nitrogen and oxygen atoms in total. The lowest BCUT2D eigenvalue weighted by molar-refractivity contribution is 0.370. The van der Waals surface area contributed by atoms with Gasteiger partial charge in [-0.05, 0) is 46.0 Å². The van der Waals surface area contributed by atoms with E-state index >= 15 is 0 Å². The topological polar surface area (TPSA) is 71.6 Å². The van der Waals surface area contributed by atoms with Crippen molar-refractivity contribution in [1.29, 1.82) is 0 Å². The Balaban J connectivity index is 2.11. The second-order valence-electron chi connectivity index (χ2n) is 5.99. The quantitative estimate of drug-likeness (QED) is 0.772. The van der Waals surface area contributed by atoms with Crippen LogP contribution in [0.3, 0.4) is 0 Å². The zero-order chi connectivity index (χ0) is 15.6. The molecule has 0 atom stereocenters. The minimum Gasteiger partial charge on any atom is -0.346 e. The highest BCUT2D eigenvalue weighted by Gasteiger charge is 2.29. The number of sulfonamides is 1. The Hall–Kier alpha value is -0.890. The molecule has 0 bridgehead atoms. The van der Waals surface area contributed by atoms with Crippen LogP contribution in [0.4, 0.5) is 0 Å². The van der Waals surface area contributed by atoms with Gasteiger partial charge in [-0.25, -0.2) is 12.7 Å². The number of nitrogens with zero attached hydrogens (tertiary/aromatic N) is 3. The fraction of sp³-hybridized carbons (Fsp3) is 0.714. The van der Waals surface area contributed by atoms with Gasteiger partial charge in [0.1, 0.15) is 4.90 Å². The molecule has 0 spiro atoms. The van der Waals surface area contributed by atoms with Gasteiger partial charge >= 0.3 is 0 Å². The number of rotatable bonds is 8. The van der Waals surface area contributed by atoms with Crippen molar-refractivity contribution in [1.82, 2.24) is 13.8 Å². The Morgan fingerprint density at radius 3 is 2.48 bits per heavy atom. The third-order valence-electron chi connectivity index (χ3n) is 3.84. The van der Waals surface area contributed by atoms with Crippen molar-refractivity contribution in [2.45, 2.75) is 36.7 Å². The first kappa shape index (κ1) is 16.5. The van der Waals surface area contributed by atoms with Gasteiger partial charge in [-0.1, -0.05) is 0 Å². The molecule has 2 N–H and O–H groups in total. The number of nitrogens with two attached hydrogens (primary N) is 1. The Morgan fingerprint density at radius 2 is 1.95 bits per heavy atom. The summed E-state index contributed by atoms with van der Waals surface area (Å²) in [6, 6.07) is 2.15. The molecule has 0 unspecified atom stereocenters. The average Bonchev–Trinajstić information content (AvgIpc) is 3.16. The van der Waals surface area contributed by atoms with E-state index in [1.807, 2.05) is 18.7 Å². The van der Waals surface area contributed by atoms with Crippen LogP contribution in [-0.4, -0.2) is 56.4 Å². The third kappa shape index (κ3) is 3.85.